The lowest BCUT2D eigenvalue weighted by Gasteiger charge is -2.18. The molecule has 0 fully saturated rings. The Bertz CT molecular complexity index is 1380. The minimum atomic E-state index is 0.544. The summed E-state index contributed by atoms with van der Waals surface area (Å²) in [6.07, 6.45) is 2.50. The summed E-state index contributed by atoms with van der Waals surface area (Å²) in [6.45, 7) is 5.15. The number of aromatic nitrogens is 2. The van der Waals surface area contributed by atoms with Gasteiger partial charge in [0, 0.05) is 0 Å². The first-order valence-electron chi connectivity index (χ1n) is 10.2. The van der Waals surface area contributed by atoms with Crippen molar-refractivity contribution in [3.05, 3.63) is 64.7 Å². The maximum absolute atomic E-state index is 9.80. The van der Waals surface area contributed by atoms with Crippen LogP contribution in [0.4, 0.5) is 5.82 Å². The number of hydrogen-bond acceptors (Lipinski definition) is 6. The van der Waals surface area contributed by atoms with E-state index in [2.05, 4.69) is 23.5 Å². The summed E-state index contributed by atoms with van der Waals surface area (Å²) >= 11 is 0. The zero-order valence-electron chi connectivity index (χ0n) is 17.3. The third-order valence-electron chi connectivity index (χ3n) is 5.54. The molecule has 5 rings (SSSR count). The van der Waals surface area contributed by atoms with E-state index in [-0.39, 0.29) is 0 Å². The molecule has 1 aliphatic rings. The van der Waals surface area contributed by atoms with Gasteiger partial charge >= 0.3 is 0 Å². The predicted octanol–water partition coefficient (Wildman–Crippen LogP) is 4.45. The van der Waals surface area contributed by atoms with Crippen molar-refractivity contribution in [2.45, 2.75) is 20.3 Å². The largest absolute Gasteiger partial charge is 0.486 e. The fraction of sp³-hybridized carbons (Fsp3) is 0.208. The van der Waals surface area contributed by atoms with Crippen LogP contribution in [0.5, 0.6) is 11.5 Å². The first-order chi connectivity index (χ1) is 15.2. The fourth-order valence-electron chi connectivity index (χ4n) is 4.04. The van der Waals surface area contributed by atoms with Crippen molar-refractivity contribution in [1.82, 2.24) is 9.38 Å². The van der Waals surface area contributed by atoms with Crippen molar-refractivity contribution in [3.63, 3.8) is 0 Å². The van der Waals surface area contributed by atoms with Crippen molar-refractivity contribution in [2.24, 2.45) is 5.10 Å². The van der Waals surface area contributed by atoms with Gasteiger partial charge in [-0.25, -0.2) is 4.98 Å². The molecule has 2 aromatic heterocycles. The number of pyridine rings is 1. The fourth-order valence-corrected chi connectivity index (χ4v) is 4.04. The molecule has 4 aromatic rings. The number of nitriles is 1. The van der Waals surface area contributed by atoms with Gasteiger partial charge in [0.1, 0.15) is 25.1 Å². The summed E-state index contributed by atoms with van der Waals surface area (Å²) in [4.78, 5) is 4.72. The molecule has 7 heteroatoms. The summed E-state index contributed by atoms with van der Waals surface area (Å²) in [5.74, 6) is 2.29. The predicted molar refractivity (Wildman–Crippen MR) is 120 cm³/mol. The summed E-state index contributed by atoms with van der Waals surface area (Å²) < 4.78 is 13.2. The minimum Gasteiger partial charge on any atom is -0.486 e. The van der Waals surface area contributed by atoms with E-state index >= 15 is 0 Å². The maximum Gasteiger partial charge on any atom is 0.162 e. The lowest BCUT2D eigenvalue weighted by molar-refractivity contribution is 0.171. The van der Waals surface area contributed by atoms with Gasteiger partial charge in [-0.05, 0) is 60.4 Å². The van der Waals surface area contributed by atoms with Gasteiger partial charge in [0.2, 0.25) is 0 Å². The lowest BCUT2D eigenvalue weighted by atomic mass is 10.0. The van der Waals surface area contributed by atoms with Crippen LogP contribution in [0.15, 0.2) is 47.6 Å². The number of benzene rings is 2. The number of para-hydroxylation sites is 2. The Kier molecular flexibility index (Phi) is 4.68. The van der Waals surface area contributed by atoms with E-state index in [1.54, 1.807) is 6.21 Å². The summed E-state index contributed by atoms with van der Waals surface area (Å²) in [6, 6.07) is 15.9. The van der Waals surface area contributed by atoms with Gasteiger partial charge in [0.25, 0.3) is 0 Å². The second-order valence-corrected chi connectivity index (χ2v) is 7.33. The first-order valence-corrected chi connectivity index (χ1v) is 10.2. The number of imidazole rings is 1. The minimum absolute atomic E-state index is 0.544. The number of fused-ring (bicyclic) bond motifs is 4. The molecule has 0 radical (unpaired) electrons. The number of rotatable bonds is 4. The Balaban J connectivity index is 1.61. The highest BCUT2D eigenvalue weighted by Gasteiger charge is 2.19. The standard InChI is InChI=1S/C24H21N5O2/c1-3-17-15(2)18(13-25)23-27-19-6-4-5-7-20(19)29(23)24(17)28-26-14-16-8-9-21-22(12-16)31-11-10-30-21/h4-9,12,14,28H,3,10-11H2,1-2H3. The molecule has 0 amide bonds. The van der Waals surface area contributed by atoms with E-state index in [1.165, 1.54) is 0 Å². The van der Waals surface area contributed by atoms with Gasteiger partial charge in [-0.15, -0.1) is 0 Å². The Labute approximate surface area is 179 Å². The van der Waals surface area contributed by atoms with Crippen LogP contribution in [-0.2, 0) is 6.42 Å². The van der Waals surface area contributed by atoms with Crippen molar-refractivity contribution >= 4 is 28.7 Å². The van der Waals surface area contributed by atoms with Gasteiger partial charge in [0.05, 0.1) is 22.8 Å². The molecule has 0 saturated heterocycles. The molecule has 0 spiro atoms. The van der Waals surface area contributed by atoms with E-state index in [0.29, 0.717) is 24.4 Å². The van der Waals surface area contributed by atoms with Crippen molar-refractivity contribution in [1.29, 1.82) is 5.26 Å². The van der Waals surface area contributed by atoms with Crippen molar-refractivity contribution in [2.75, 3.05) is 18.6 Å². The maximum atomic E-state index is 9.80. The van der Waals surface area contributed by atoms with E-state index in [4.69, 9.17) is 14.5 Å². The van der Waals surface area contributed by atoms with Gasteiger partial charge in [-0.2, -0.15) is 10.4 Å². The monoisotopic (exact) mass is 411 g/mol. The quantitative estimate of drug-likeness (QED) is 0.396. The second kappa shape index (κ2) is 7.65. The Morgan fingerprint density at radius 2 is 2.00 bits per heavy atom. The summed E-state index contributed by atoms with van der Waals surface area (Å²) in [7, 11) is 0. The smallest absolute Gasteiger partial charge is 0.162 e. The zero-order valence-corrected chi connectivity index (χ0v) is 17.3. The van der Waals surface area contributed by atoms with Crippen LogP contribution >= 0.6 is 0 Å². The van der Waals surface area contributed by atoms with Gasteiger partial charge < -0.3 is 9.47 Å². The van der Waals surface area contributed by atoms with E-state index in [1.807, 2.05) is 53.8 Å². The number of nitrogens with zero attached hydrogens (tertiary/aromatic N) is 4. The number of anilines is 1. The highest BCUT2D eigenvalue weighted by Crippen LogP contribution is 2.32. The molecule has 0 aliphatic carbocycles. The van der Waals surface area contributed by atoms with Gasteiger partial charge in [-0.1, -0.05) is 19.1 Å². The molecule has 7 nitrogen and oxygen atoms in total. The van der Waals surface area contributed by atoms with Gasteiger partial charge in [0.15, 0.2) is 17.1 Å². The summed E-state index contributed by atoms with van der Waals surface area (Å²) in [5.41, 5.74) is 9.06. The topological polar surface area (TPSA) is 83.9 Å². The molecule has 31 heavy (non-hydrogen) atoms. The van der Waals surface area contributed by atoms with E-state index in [0.717, 1.165) is 51.5 Å². The van der Waals surface area contributed by atoms with E-state index < -0.39 is 0 Å². The van der Waals surface area contributed by atoms with E-state index in [9.17, 15) is 5.26 Å². The molecular weight excluding hydrogens is 390 g/mol. The molecule has 2 aromatic carbocycles. The van der Waals surface area contributed by atoms with Crippen LogP contribution in [0, 0.1) is 18.3 Å². The van der Waals surface area contributed by atoms with Crippen LogP contribution in [0.2, 0.25) is 0 Å². The molecule has 0 saturated carbocycles. The van der Waals surface area contributed by atoms with Gasteiger partial charge in [-0.3, -0.25) is 9.83 Å². The molecule has 154 valence electrons. The number of hydrogen-bond donors (Lipinski definition) is 1. The van der Waals surface area contributed by atoms with Crippen LogP contribution in [0.1, 0.15) is 29.2 Å². The van der Waals surface area contributed by atoms with Crippen LogP contribution in [0.25, 0.3) is 16.7 Å². The Morgan fingerprint density at radius 1 is 1.19 bits per heavy atom. The van der Waals surface area contributed by atoms with Crippen LogP contribution < -0.4 is 14.9 Å². The second-order valence-electron chi connectivity index (χ2n) is 7.33. The average Bonchev–Trinajstić information content (AvgIpc) is 3.18. The lowest BCUT2D eigenvalue weighted by Crippen LogP contribution is -2.15. The molecular formula is C24H21N5O2. The molecule has 1 aliphatic heterocycles. The molecule has 0 bridgehead atoms. The highest BCUT2D eigenvalue weighted by molar-refractivity contribution is 5.87. The number of hydrazone groups is 1. The normalized spacial score (nSPS) is 13.1. The summed E-state index contributed by atoms with van der Waals surface area (Å²) in [5, 5.41) is 14.3. The Hall–Kier alpha value is -4.05. The molecule has 1 N–H and O–H groups in total. The van der Waals surface area contributed by atoms with Crippen LogP contribution in [-0.4, -0.2) is 28.8 Å². The Morgan fingerprint density at radius 3 is 2.81 bits per heavy atom. The average molecular weight is 411 g/mol. The first kappa shape index (κ1) is 18.9. The molecule has 0 unspecified atom stereocenters. The number of nitrogens with one attached hydrogen (secondary N) is 1. The molecule has 0 atom stereocenters. The molecule has 3 heterocycles. The highest BCUT2D eigenvalue weighted by atomic mass is 16.6. The van der Waals surface area contributed by atoms with Crippen molar-refractivity contribution < 1.29 is 9.47 Å². The van der Waals surface area contributed by atoms with Crippen molar-refractivity contribution in [3.8, 4) is 17.6 Å². The number of ether oxygens (including phenoxy) is 2. The zero-order chi connectivity index (χ0) is 21.4. The van der Waals surface area contributed by atoms with Crippen LogP contribution in [0.3, 0.4) is 0 Å². The third kappa shape index (κ3) is 3.13. The SMILES string of the molecule is CCc1c(C)c(C#N)c2nc3ccccc3n2c1NN=Cc1ccc2c(c1)OCCO2. The third-order valence-corrected chi connectivity index (χ3v) is 5.54.